The number of rotatable bonds is 15. The summed E-state index contributed by atoms with van der Waals surface area (Å²) in [6.07, 6.45) is 7.20. The zero-order chi connectivity index (χ0) is 32.3. The van der Waals surface area contributed by atoms with E-state index in [9.17, 15) is 15.0 Å². The van der Waals surface area contributed by atoms with Crippen LogP contribution in [0.1, 0.15) is 113 Å². The van der Waals surface area contributed by atoms with E-state index in [0.29, 0.717) is 30.4 Å². The molecule has 0 amide bonds. The van der Waals surface area contributed by atoms with E-state index in [4.69, 9.17) is 19.7 Å². The van der Waals surface area contributed by atoms with Crippen molar-refractivity contribution >= 4 is 16.8 Å². The number of nitrogens with zero attached hydrogens (tertiary/aromatic N) is 2. The molecule has 2 saturated carbocycles. The van der Waals surface area contributed by atoms with Crippen LogP contribution < -0.4 is 0 Å². The number of unbranched alkanes of at least 4 members (excludes halogenated alkanes) is 5. The Labute approximate surface area is 268 Å². The fourth-order valence-corrected chi connectivity index (χ4v) is 9.47. The summed E-state index contributed by atoms with van der Waals surface area (Å²) in [6, 6.07) is 6.12. The molecule has 45 heavy (non-hydrogen) atoms. The Bertz CT molecular complexity index is 1290. The van der Waals surface area contributed by atoms with Gasteiger partial charge in [-0.2, -0.15) is 0 Å². The number of carbonyl (C=O) groups excluding carboxylic acids is 1. The highest BCUT2D eigenvalue weighted by Crippen LogP contribution is 2.72. The highest BCUT2D eigenvalue weighted by atomic mass is 16.7. The maximum absolute atomic E-state index is 14.0. The van der Waals surface area contributed by atoms with Crippen molar-refractivity contribution in [2.45, 2.75) is 128 Å². The lowest BCUT2D eigenvalue weighted by Gasteiger charge is -2.67. The van der Waals surface area contributed by atoms with Crippen LogP contribution in [-0.2, 0) is 15.9 Å². The molecule has 2 aliphatic carbocycles. The smallest absolute Gasteiger partial charge is 0.231 e. The number of aromatic hydroxyl groups is 1. The first-order chi connectivity index (χ1) is 21.8. The average molecular weight is 629 g/mol. The minimum atomic E-state index is -1.60. The van der Waals surface area contributed by atoms with E-state index in [1.807, 2.05) is 26.0 Å². The van der Waals surface area contributed by atoms with Crippen LogP contribution in [-0.4, -0.2) is 87.3 Å². The summed E-state index contributed by atoms with van der Waals surface area (Å²) in [5.41, 5.74) is 3.98. The molecule has 252 valence electrons. The van der Waals surface area contributed by atoms with Crippen LogP contribution in [0.15, 0.2) is 18.2 Å². The van der Waals surface area contributed by atoms with Gasteiger partial charge in [0.05, 0.1) is 5.52 Å². The molecule has 1 aromatic carbocycles. The van der Waals surface area contributed by atoms with Gasteiger partial charge in [0.25, 0.3) is 0 Å². The summed E-state index contributed by atoms with van der Waals surface area (Å²) in [4.78, 5) is 16.7. The first kappa shape index (κ1) is 34.3. The van der Waals surface area contributed by atoms with Crippen molar-refractivity contribution < 1.29 is 34.7 Å². The standard InChI is InChI=1S/C34H50N2O7.C2H6/c1-3-21-16-22-17-26-31-24(13-14-35-20-34(21,22)32(26)35)25-18-23(37)11-12-27(25)36(31)29(39)10-8-6-4-5-7-9-15-43-33(42-2)28(38)19-30(40)41;1-2/h11-12,18,21-22,26,28,30,32-33,37-38,40-41H,3-10,13-17,19-20H2,1-2H3;1-2H3. The molecule has 4 aliphatic rings. The lowest BCUT2D eigenvalue weighted by atomic mass is 9.48. The summed E-state index contributed by atoms with van der Waals surface area (Å²) in [7, 11) is 1.43. The summed E-state index contributed by atoms with van der Waals surface area (Å²) < 4.78 is 12.7. The Morgan fingerprint density at radius 2 is 1.80 bits per heavy atom. The normalized spacial score (nSPS) is 27.8. The summed E-state index contributed by atoms with van der Waals surface area (Å²) in [6.45, 7) is 9.05. The molecular formula is C36H56N2O7. The number of hydrogen-bond donors (Lipinski definition) is 4. The van der Waals surface area contributed by atoms with Gasteiger partial charge >= 0.3 is 0 Å². The first-order valence-corrected chi connectivity index (χ1v) is 17.6. The van der Waals surface area contributed by atoms with Crippen LogP contribution >= 0.6 is 0 Å². The lowest BCUT2D eigenvalue weighted by Crippen LogP contribution is -2.72. The number of methoxy groups -OCH3 is 1. The van der Waals surface area contributed by atoms with Crippen molar-refractivity contribution in [3.8, 4) is 5.75 Å². The maximum Gasteiger partial charge on any atom is 0.231 e. The fraction of sp³-hybridized carbons (Fsp3) is 0.750. The van der Waals surface area contributed by atoms with Gasteiger partial charge in [0, 0.05) is 68.1 Å². The number of aromatic nitrogens is 1. The maximum atomic E-state index is 14.0. The van der Waals surface area contributed by atoms with Gasteiger partial charge in [0.2, 0.25) is 5.91 Å². The van der Waals surface area contributed by atoms with Crippen LogP contribution in [0.4, 0.5) is 0 Å². The second-order valence-corrected chi connectivity index (χ2v) is 13.6. The lowest BCUT2D eigenvalue weighted by molar-refractivity contribution is -0.197. The Kier molecular flexibility index (Phi) is 11.3. The minimum Gasteiger partial charge on any atom is -0.508 e. The molecular weight excluding hydrogens is 572 g/mol. The van der Waals surface area contributed by atoms with E-state index < -0.39 is 18.7 Å². The molecule has 2 aliphatic heterocycles. The molecule has 3 fully saturated rings. The van der Waals surface area contributed by atoms with Crippen molar-refractivity contribution in [3.05, 3.63) is 29.5 Å². The van der Waals surface area contributed by atoms with Gasteiger partial charge in [0.15, 0.2) is 12.6 Å². The fourth-order valence-electron chi connectivity index (χ4n) is 9.47. The van der Waals surface area contributed by atoms with Crippen LogP contribution in [0, 0.1) is 17.3 Å². The summed E-state index contributed by atoms with van der Waals surface area (Å²) in [5, 5.41) is 39.4. The number of aliphatic hydroxyl groups is 3. The van der Waals surface area contributed by atoms with Gasteiger partial charge in [-0.1, -0.05) is 52.9 Å². The van der Waals surface area contributed by atoms with Gasteiger partial charge in [-0.05, 0) is 67.7 Å². The van der Waals surface area contributed by atoms with E-state index in [0.717, 1.165) is 74.2 Å². The molecule has 2 aromatic rings. The molecule has 7 atom stereocenters. The average Bonchev–Trinajstić information content (AvgIpc) is 3.36. The molecule has 9 nitrogen and oxygen atoms in total. The van der Waals surface area contributed by atoms with Gasteiger partial charge in [-0.15, -0.1) is 0 Å². The Balaban J connectivity index is 0.00000196. The molecule has 1 spiro atoms. The van der Waals surface area contributed by atoms with Crippen LogP contribution in [0.5, 0.6) is 5.75 Å². The van der Waals surface area contributed by atoms with Crippen molar-refractivity contribution in [1.29, 1.82) is 0 Å². The predicted molar refractivity (Wildman–Crippen MR) is 174 cm³/mol. The number of aliphatic hydroxyl groups excluding tert-OH is 2. The zero-order valence-corrected chi connectivity index (χ0v) is 27.8. The number of benzene rings is 1. The number of ether oxygens (including phenoxy) is 2. The Morgan fingerprint density at radius 1 is 1.07 bits per heavy atom. The van der Waals surface area contributed by atoms with E-state index in [1.165, 1.54) is 44.2 Å². The minimum absolute atomic E-state index is 0.190. The summed E-state index contributed by atoms with van der Waals surface area (Å²) in [5.74, 6) is 2.47. The third-order valence-electron chi connectivity index (χ3n) is 11.3. The largest absolute Gasteiger partial charge is 0.508 e. The van der Waals surface area contributed by atoms with Crippen molar-refractivity contribution in [2.24, 2.45) is 17.3 Å². The number of phenols is 1. The number of hydrogen-bond acceptors (Lipinski definition) is 8. The monoisotopic (exact) mass is 628 g/mol. The Morgan fingerprint density at radius 3 is 2.51 bits per heavy atom. The quantitative estimate of drug-likeness (QED) is 0.149. The van der Waals surface area contributed by atoms with E-state index in [2.05, 4.69) is 16.4 Å². The van der Waals surface area contributed by atoms with Crippen molar-refractivity contribution in [2.75, 3.05) is 26.8 Å². The van der Waals surface area contributed by atoms with Crippen LogP contribution in [0.25, 0.3) is 10.9 Å². The second kappa shape index (κ2) is 14.8. The molecule has 9 heteroatoms. The van der Waals surface area contributed by atoms with Crippen molar-refractivity contribution in [3.63, 3.8) is 0 Å². The first-order valence-electron chi connectivity index (χ1n) is 17.6. The van der Waals surface area contributed by atoms with Gasteiger partial charge in [-0.25, -0.2) is 0 Å². The van der Waals surface area contributed by atoms with Gasteiger partial charge in [-0.3, -0.25) is 14.3 Å². The molecule has 1 aromatic heterocycles. The highest BCUT2D eigenvalue weighted by molar-refractivity contribution is 5.97. The molecule has 4 N–H and O–H groups in total. The van der Waals surface area contributed by atoms with Gasteiger partial charge < -0.3 is 29.9 Å². The second-order valence-electron chi connectivity index (χ2n) is 13.6. The molecule has 1 saturated heterocycles. The number of phenolic OH excluding ortho intramolecular Hbond substituents is 1. The zero-order valence-electron chi connectivity index (χ0n) is 27.8. The number of carbonyl (C=O) groups is 1. The third kappa shape index (κ3) is 6.33. The molecule has 0 radical (unpaired) electrons. The topological polar surface area (TPSA) is 125 Å². The molecule has 0 bridgehead atoms. The van der Waals surface area contributed by atoms with E-state index in [1.54, 1.807) is 6.07 Å². The van der Waals surface area contributed by atoms with Crippen molar-refractivity contribution in [1.82, 2.24) is 9.47 Å². The highest BCUT2D eigenvalue weighted by Gasteiger charge is 2.72. The third-order valence-corrected chi connectivity index (χ3v) is 11.3. The Hall–Kier alpha value is -2.01. The van der Waals surface area contributed by atoms with Crippen LogP contribution in [0.2, 0.25) is 0 Å². The molecule has 6 rings (SSSR count). The molecule has 3 heterocycles. The van der Waals surface area contributed by atoms with Gasteiger partial charge in [0.1, 0.15) is 11.9 Å². The predicted octanol–water partition coefficient (Wildman–Crippen LogP) is 5.55. The summed E-state index contributed by atoms with van der Waals surface area (Å²) >= 11 is 0. The SMILES string of the molecule is CC.CCC1CC2CC3c4c(c5cc(O)ccc5n4C(=O)CCCCCCCCOC(OC)C(O)CC(O)O)CCN4CC12C34. The van der Waals surface area contributed by atoms with E-state index in [-0.39, 0.29) is 18.1 Å². The van der Waals surface area contributed by atoms with Crippen LogP contribution in [0.3, 0.4) is 0 Å². The van der Waals surface area contributed by atoms with E-state index >= 15 is 0 Å². The molecule has 7 unspecified atom stereocenters. The number of fused-ring (bicyclic) bond motifs is 4.